The fourth-order valence-corrected chi connectivity index (χ4v) is 1.99. The van der Waals surface area contributed by atoms with Crippen molar-refractivity contribution < 1.29 is 14.5 Å². The van der Waals surface area contributed by atoms with Crippen LogP contribution in [0.1, 0.15) is 10.4 Å². The van der Waals surface area contributed by atoms with Gasteiger partial charge < -0.3 is 10.1 Å². The van der Waals surface area contributed by atoms with Gasteiger partial charge in [0.15, 0.2) is 5.75 Å². The standard InChI is InChI=1S/C13H10BrN3O4/c1-21-11-7-8(4-5-10(11)17(19)20)13(18)16-9-3-2-6-15-12(9)14/h2-7H,1H3,(H,16,18). The first kappa shape index (κ1) is 14.9. The van der Waals surface area contributed by atoms with E-state index in [0.717, 1.165) is 0 Å². The summed E-state index contributed by atoms with van der Waals surface area (Å²) in [5, 5.41) is 13.5. The molecule has 0 aliphatic rings. The number of nitrogens with one attached hydrogen (secondary N) is 1. The molecule has 8 heteroatoms. The van der Waals surface area contributed by atoms with E-state index in [2.05, 4.69) is 26.2 Å². The summed E-state index contributed by atoms with van der Waals surface area (Å²) in [6.07, 6.45) is 1.58. The second kappa shape index (κ2) is 6.31. The van der Waals surface area contributed by atoms with E-state index in [-0.39, 0.29) is 17.0 Å². The van der Waals surface area contributed by atoms with Crippen molar-refractivity contribution in [3.63, 3.8) is 0 Å². The smallest absolute Gasteiger partial charge is 0.310 e. The Bertz CT molecular complexity index is 706. The maximum atomic E-state index is 12.1. The number of anilines is 1. The Morgan fingerprint density at radius 3 is 2.81 bits per heavy atom. The third-order valence-electron chi connectivity index (χ3n) is 2.65. The number of nitro benzene ring substituents is 1. The molecule has 1 N–H and O–H groups in total. The normalized spacial score (nSPS) is 10.0. The van der Waals surface area contributed by atoms with Gasteiger partial charge in [-0.05, 0) is 34.1 Å². The Morgan fingerprint density at radius 2 is 2.19 bits per heavy atom. The van der Waals surface area contributed by atoms with Gasteiger partial charge in [0, 0.05) is 23.9 Å². The number of aromatic nitrogens is 1. The van der Waals surface area contributed by atoms with E-state index in [1.165, 1.54) is 25.3 Å². The highest BCUT2D eigenvalue weighted by atomic mass is 79.9. The molecule has 2 aromatic rings. The zero-order chi connectivity index (χ0) is 15.4. The van der Waals surface area contributed by atoms with Gasteiger partial charge in [-0.15, -0.1) is 0 Å². The molecule has 7 nitrogen and oxygen atoms in total. The Hall–Kier alpha value is -2.48. The summed E-state index contributed by atoms with van der Waals surface area (Å²) in [5.41, 5.74) is 0.546. The fraction of sp³-hybridized carbons (Fsp3) is 0.0769. The molecule has 0 spiro atoms. The molecule has 0 saturated heterocycles. The van der Waals surface area contributed by atoms with Crippen LogP contribution in [0.3, 0.4) is 0 Å². The third kappa shape index (κ3) is 3.34. The molecule has 0 aliphatic heterocycles. The molecule has 2 rings (SSSR count). The number of nitro groups is 1. The molecule has 0 atom stereocenters. The molecule has 108 valence electrons. The molecule has 1 aromatic carbocycles. The first-order valence-corrected chi connectivity index (χ1v) is 6.56. The van der Waals surface area contributed by atoms with Gasteiger partial charge >= 0.3 is 5.69 Å². The van der Waals surface area contributed by atoms with Crippen LogP contribution in [-0.2, 0) is 0 Å². The average Bonchev–Trinajstić information content (AvgIpc) is 2.48. The first-order valence-electron chi connectivity index (χ1n) is 5.77. The first-order chi connectivity index (χ1) is 10.0. The summed E-state index contributed by atoms with van der Waals surface area (Å²) in [6, 6.07) is 7.26. The number of halogens is 1. The highest BCUT2D eigenvalue weighted by molar-refractivity contribution is 9.10. The summed E-state index contributed by atoms with van der Waals surface area (Å²) in [7, 11) is 1.31. The van der Waals surface area contributed by atoms with Crippen LogP contribution in [0.15, 0.2) is 41.1 Å². The zero-order valence-corrected chi connectivity index (χ0v) is 12.5. The predicted octanol–water partition coefficient (Wildman–Crippen LogP) is 3.01. The summed E-state index contributed by atoms with van der Waals surface area (Å²) < 4.78 is 5.42. The number of amides is 1. The molecule has 1 heterocycles. The number of carbonyl (C=O) groups excluding carboxylic acids is 1. The highest BCUT2D eigenvalue weighted by Gasteiger charge is 2.17. The summed E-state index contributed by atoms with van der Waals surface area (Å²) >= 11 is 3.22. The minimum absolute atomic E-state index is 0.0258. The van der Waals surface area contributed by atoms with E-state index in [4.69, 9.17) is 4.74 Å². The van der Waals surface area contributed by atoms with E-state index in [0.29, 0.717) is 10.3 Å². The van der Waals surface area contributed by atoms with Crippen LogP contribution in [-0.4, -0.2) is 22.9 Å². The molecule has 1 aromatic heterocycles. The van der Waals surface area contributed by atoms with Gasteiger partial charge in [0.1, 0.15) is 4.60 Å². The van der Waals surface area contributed by atoms with Gasteiger partial charge in [0.25, 0.3) is 5.91 Å². The van der Waals surface area contributed by atoms with Crippen molar-refractivity contribution in [3.8, 4) is 5.75 Å². The van der Waals surface area contributed by atoms with Gasteiger partial charge in [-0.2, -0.15) is 0 Å². The largest absolute Gasteiger partial charge is 0.490 e. The van der Waals surface area contributed by atoms with Crippen molar-refractivity contribution in [2.75, 3.05) is 12.4 Å². The summed E-state index contributed by atoms with van der Waals surface area (Å²) in [4.78, 5) is 26.4. The van der Waals surface area contributed by atoms with Crippen molar-refractivity contribution in [2.45, 2.75) is 0 Å². The van der Waals surface area contributed by atoms with Crippen molar-refractivity contribution in [1.29, 1.82) is 0 Å². The number of rotatable bonds is 4. The van der Waals surface area contributed by atoms with Crippen LogP contribution >= 0.6 is 15.9 Å². The molecule has 21 heavy (non-hydrogen) atoms. The van der Waals surface area contributed by atoms with E-state index in [9.17, 15) is 14.9 Å². The van der Waals surface area contributed by atoms with Crippen molar-refractivity contribution in [1.82, 2.24) is 4.98 Å². The number of nitrogens with zero attached hydrogens (tertiary/aromatic N) is 2. The van der Waals surface area contributed by atoms with Gasteiger partial charge in [0.2, 0.25) is 0 Å². The number of hydrogen-bond donors (Lipinski definition) is 1. The second-order valence-electron chi connectivity index (χ2n) is 3.94. The molecule has 0 unspecified atom stereocenters. The molecule has 1 amide bonds. The van der Waals surface area contributed by atoms with Crippen LogP contribution in [0, 0.1) is 10.1 Å². The Balaban J connectivity index is 2.28. The average molecular weight is 352 g/mol. The Kier molecular flexibility index (Phi) is 4.49. The number of methoxy groups -OCH3 is 1. The number of benzene rings is 1. The van der Waals surface area contributed by atoms with E-state index in [1.807, 2.05) is 0 Å². The minimum atomic E-state index is -0.571. The lowest BCUT2D eigenvalue weighted by Crippen LogP contribution is -2.13. The maximum Gasteiger partial charge on any atom is 0.310 e. The van der Waals surface area contributed by atoms with Crippen LogP contribution < -0.4 is 10.1 Å². The van der Waals surface area contributed by atoms with Crippen LogP contribution in [0.25, 0.3) is 0 Å². The van der Waals surface area contributed by atoms with Crippen LogP contribution in [0.4, 0.5) is 11.4 Å². The number of ether oxygens (including phenoxy) is 1. The van der Waals surface area contributed by atoms with Crippen molar-refractivity contribution >= 4 is 33.2 Å². The molecule has 0 saturated carbocycles. The van der Waals surface area contributed by atoms with E-state index in [1.54, 1.807) is 18.3 Å². The minimum Gasteiger partial charge on any atom is -0.490 e. The van der Waals surface area contributed by atoms with Crippen LogP contribution in [0.2, 0.25) is 0 Å². The van der Waals surface area contributed by atoms with Gasteiger partial charge in [-0.3, -0.25) is 14.9 Å². The molecular weight excluding hydrogens is 342 g/mol. The van der Waals surface area contributed by atoms with E-state index >= 15 is 0 Å². The summed E-state index contributed by atoms with van der Waals surface area (Å²) in [6.45, 7) is 0. The van der Waals surface area contributed by atoms with Crippen molar-refractivity contribution in [3.05, 3.63) is 56.8 Å². The van der Waals surface area contributed by atoms with Crippen molar-refractivity contribution in [2.24, 2.45) is 0 Å². The summed E-state index contributed by atoms with van der Waals surface area (Å²) in [5.74, 6) is -0.394. The van der Waals surface area contributed by atoms with Crippen LogP contribution in [0.5, 0.6) is 5.75 Å². The SMILES string of the molecule is COc1cc(C(=O)Nc2cccnc2Br)ccc1[N+](=O)[O-]. The molecule has 0 aliphatic carbocycles. The number of pyridine rings is 1. The number of hydrogen-bond acceptors (Lipinski definition) is 5. The number of carbonyl (C=O) groups is 1. The highest BCUT2D eigenvalue weighted by Crippen LogP contribution is 2.28. The quantitative estimate of drug-likeness (QED) is 0.519. The van der Waals surface area contributed by atoms with Gasteiger partial charge in [-0.25, -0.2) is 4.98 Å². The lowest BCUT2D eigenvalue weighted by molar-refractivity contribution is -0.385. The van der Waals surface area contributed by atoms with E-state index < -0.39 is 10.8 Å². The monoisotopic (exact) mass is 351 g/mol. The second-order valence-corrected chi connectivity index (χ2v) is 4.69. The lowest BCUT2D eigenvalue weighted by atomic mass is 10.1. The maximum absolute atomic E-state index is 12.1. The molecule has 0 fully saturated rings. The van der Waals surface area contributed by atoms with Gasteiger partial charge in [-0.1, -0.05) is 0 Å². The van der Waals surface area contributed by atoms with Gasteiger partial charge in [0.05, 0.1) is 17.7 Å². The fourth-order valence-electron chi connectivity index (χ4n) is 1.64. The lowest BCUT2D eigenvalue weighted by Gasteiger charge is -2.08. The molecular formula is C13H10BrN3O4. The zero-order valence-electron chi connectivity index (χ0n) is 10.9. The molecule has 0 radical (unpaired) electrons. The molecule has 0 bridgehead atoms. The predicted molar refractivity (Wildman–Crippen MR) is 79.5 cm³/mol. The Labute approximate surface area is 128 Å². The third-order valence-corrected chi connectivity index (χ3v) is 3.28. The Morgan fingerprint density at radius 1 is 1.43 bits per heavy atom. The topological polar surface area (TPSA) is 94.4 Å².